The Morgan fingerprint density at radius 2 is 2.12 bits per heavy atom. The minimum absolute atomic E-state index is 0.0268. The fourth-order valence-corrected chi connectivity index (χ4v) is 1.59. The lowest BCUT2D eigenvalue weighted by Gasteiger charge is -2.09. The van der Waals surface area contributed by atoms with Crippen LogP contribution in [0.4, 0.5) is 13.2 Å². The summed E-state index contributed by atoms with van der Waals surface area (Å²) >= 11 is 2.76. The first-order valence-corrected chi connectivity index (χ1v) is 5.52. The first-order chi connectivity index (χ1) is 7.84. The summed E-state index contributed by atoms with van der Waals surface area (Å²) in [4.78, 5) is 14.5. The molecule has 0 spiro atoms. The summed E-state index contributed by atoms with van der Waals surface area (Å²) in [6.45, 7) is 1.80. The van der Waals surface area contributed by atoms with Crippen molar-refractivity contribution in [3.63, 3.8) is 0 Å². The number of aromatic nitrogens is 1. The van der Waals surface area contributed by atoms with Crippen molar-refractivity contribution in [2.75, 3.05) is 6.61 Å². The van der Waals surface area contributed by atoms with E-state index in [0.717, 1.165) is 0 Å². The van der Waals surface area contributed by atoms with Crippen LogP contribution >= 0.6 is 15.9 Å². The molecule has 94 valence electrons. The summed E-state index contributed by atoms with van der Waals surface area (Å²) in [6.07, 6.45) is -4.83. The van der Waals surface area contributed by atoms with Gasteiger partial charge in [-0.15, -0.1) is 0 Å². The Kier molecular flexibility index (Phi) is 4.50. The van der Waals surface area contributed by atoms with Crippen LogP contribution in [-0.2, 0) is 22.1 Å². The first-order valence-electron chi connectivity index (χ1n) is 4.72. The zero-order chi connectivity index (χ0) is 13.1. The van der Waals surface area contributed by atoms with Crippen molar-refractivity contribution in [2.24, 2.45) is 0 Å². The topological polar surface area (TPSA) is 39.2 Å². The molecule has 0 fully saturated rings. The van der Waals surface area contributed by atoms with Gasteiger partial charge in [-0.25, -0.2) is 4.98 Å². The molecule has 1 aromatic heterocycles. The molecule has 0 bridgehead atoms. The van der Waals surface area contributed by atoms with Gasteiger partial charge in [0.1, 0.15) is 0 Å². The molecule has 7 heteroatoms. The van der Waals surface area contributed by atoms with Crippen molar-refractivity contribution in [1.29, 1.82) is 0 Å². The van der Waals surface area contributed by atoms with E-state index in [1.807, 2.05) is 0 Å². The number of nitrogens with zero attached hydrogens (tertiary/aromatic N) is 1. The second-order valence-corrected chi connectivity index (χ2v) is 3.97. The normalized spacial score (nSPS) is 11.4. The Morgan fingerprint density at radius 3 is 2.65 bits per heavy atom. The maximum absolute atomic E-state index is 12.5. The molecule has 0 unspecified atom stereocenters. The lowest BCUT2D eigenvalue weighted by atomic mass is 10.2. The molecule has 0 saturated heterocycles. The second-order valence-electron chi connectivity index (χ2n) is 3.11. The van der Waals surface area contributed by atoms with Crippen LogP contribution in [0.2, 0.25) is 0 Å². The van der Waals surface area contributed by atoms with Crippen molar-refractivity contribution in [2.45, 2.75) is 19.5 Å². The highest BCUT2D eigenvalue weighted by atomic mass is 79.9. The van der Waals surface area contributed by atoms with E-state index in [9.17, 15) is 18.0 Å². The molecule has 3 nitrogen and oxygen atoms in total. The van der Waals surface area contributed by atoms with Gasteiger partial charge >= 0.3 is 12.1 Å². The molecule has 17 heavy (non-hydrogen) atoms. The van der Waals surface area contributed by atoms with Gasteiger partial charge in [-0.05, 0) is 35.0 Å². The Hall–Kier alpha value is -1.11. The Balaban J connectivity index is 2.93. The van der Waals surface area contributed by atoms with Crippen LogP contribution in [0.25, 0.3) is 0 Å². The maximum Gasteiger partial charge on any atom is 0.434 e. The summed E-state index contributed by atoms with van der Waals surface area (Å²) in [5, 5.41) is 0. The second kappa shape index (κ2) is 5.48. The van der Waals surface area contributed by atoms with Gasteiger partial charge in [-0.3, -0.25) is 4.79 Å². The predicted octanol–water partition coefficient (Wildman–Crippen LogP) is 2.97. The highest BCUT2D eigenvalue weighted by Gasteiger charge is 2.35. The van der Waals surface area contributed by atoms with E-state index in [4.69, 9.17) is 0 Å². The number of pyridine rings is 1. The Morgan fingerprint density at radius 1 is 1.47 bits per heavy atom. The van der Waals surface area contributed by atoms with Crippen molar-refractivity contribution in [3.8, 4) is 0 Å². The summed E-state index contributed by atoms with van der Waals surface area (Å²) in [5.41, 5.74) is -1.02. The van der Waals surface area contributed by atoms with Crippen LogP contribution in [-0.4, -0.2) is 17.6 Å². The fraction of sp³-hybridized carbons (Fsp3) is 0.400. The summed E-state index contributed by atoms with van der Waals surface area (Å²) in [6, 6.07) is 2.56. The van der Waals surface area contributed by atoms with E-state index in [2.05, 4.69) is 25.7 Å². The molecule has 0 atom stereocenters. The van der Waals surface area contributed by atoms with Crippen LogP contribution in [0.15, 0.2) is 16.6 Å². The molecule has 1 rings (SSSR count). The number of carbonyl (C=O) groups is 1. The lowest BCUT2D eigenvalue weighted by molar-refractivity contribution is -0.144. The largest absolute Gasteiger partial charge is 0.466 e. The average Bonchev–Trinajstić information content (AvgIpc) is 2.19. The minimum Gasteiger partial charge on any atom is -0.466 e. The van der Waals surface area contributed by atoms with Gasteiger partial charge < -0.3 is 4.74 Å². The molecule has 0 N–H and O–H groups in total. The lowest BCUT2D eigenvalue weighted by Crippen LogP contribution is -2.13. The zero-order valence-corrected chi connectivity index (χ0v) is 10.4. The van der Waals surface area contributed by atoms with E-state index < -0.39 is 17.8 Å². The third kappa shape index (κ3) is 3.99. The molecular formula is C10H9BrF3NO2. The van der Waals surface area contributed by atoms with Crippen molar-refractivity contribution in [1.82, 2.24) is 4.98 Å². The Labute approximate surface area is 104 Å². The third-order valence-electron chi connectivity index (χ3n) is 1.80. The molecule has 0 aromatic carbocycles. The molecule has 0 saturated carbocycles. The van der Waals surface area contributed by atoms with Crippen LogP contribution in [0.5, 0.6) is 0 Å². The molecular weight excluding hydrogens is 303 g/mol. The Bertz CT molecular complexity index is 421. The number of hydrogen-bond donors (Lipinski definition) is 0. The van der Waals surface area contributed by atoms with Crippen LogP contribution in [0.1, 0.15) is 18.3 Å². The van der Waals surface area contributed by atoms with Crippen molar-refractivity contribution >= 4 is 21.9 Å². The predicted molar refractivity (Wildman–Crippen MR) is 57.3 cm³/mol. The fourth-order valence-electron chi connectivity index (χ4n) is 1.14. The van der Waals surface area contributed by atoms with E-state index >= 15 is 0 Å². The molecule has 0 amide bonds. The molecule has 0 aliphatic rings. The number of esters is 1. The number of alkyl halides is 3. The van der Waals surface area contributed by atoms with E-state index in [1.165, 1.54) is 12.1 Å². The molecule has 0 aliphatic carbocycles. The van der Waals surface area contributed by atoms with E-state index in [-0.39, 0.29) is 23.2 Å². The number of hydrogen-bond acceptors (Lipinski definition) is 3. The maximum atomic E-state index is 12.5. The molecule has 0 aliphatic heterocycles. The van der Waals surface area contributed by atoms with Gasteiger partial charge in [-0.1, -0.05) is 0 Å². The van der Waals surface area contributed by atoms with E-state index in [1.54, 1.807) is 6.92 Å². The van der Waals surface area contributed by atoms with Crippen LogP contribution in [0.3, 0.4) is 0 Å². The number of halogens is 4. The van der Waals surface area contributed by atoms with Crippen molar-refractivity contribution in [3.05, 3.63) is 28.0 Å². The van der Waals surface area contributed by atoms with Gasteiger partial charge in [0.2, 0.25) is 0 Å². The minimum atomic E-state index is -4.55. The summed E-state index contributed by atoms with van der Waals surface area (Å²) < 4.78 is 42.0. The monoisotopic (exact) mass is 311 g/mol. The van der Waals surface area contributed by atoms with Gasteiger partial charge in [0, 0.05) is 4.47 Å². The van der Waals surface area contributed by atoms with Crippen molar-refractivity contribution < 1.29 is 22.7 Å². The molecule has 1 heterocycles. The summed E-state index contributed by atoms with van der Waals surface area (Å²) in [7, 11) is 0. The third-order valence-corrected chi connectivity index (χ3v) is 2.44. The van der Waals surface area contributed by atoms with Gasteiger partial charge in [0.15, 0.2) is 5.69 Å². The van der Waals surface area contributed by atoms with Crippen LogP contribution in [0, 0.1) is 0 Å². The molecule has 1 aromatic rings. The van der Waals surface area contributed by atoms with Gasteiger partial charge in [0.25, 0.3) is 0 Å². The number of rotatable bonds is 3. The first kappa shape index (κ1) is 14.0. The van der Waals surface area contributed by atoms with Crippen LogP contribution < -0.4 is 0 Å². The highest BCUT2D eigenvalue weighted by Crippen LogP contribution is 2.33. The molecule has 0 radical (unpaired) electrons. The zero-order valence-electron chi connectivity index (χ0n) is 8.84. The van der Waals surface area contributed by atoms with Gasteiger partial charge in [0.05, 0.1) is 18.7 Å². The van der Waals surface area contributed by atoms with E-state index in [0.29, 0.717) is 0 Å². The SMILES string of the molecule is CCOC(=O)Cc1ccc(Br)c(C(F)(F)F)n1. The number of carbonyl (C=O) groups excluding carboxylic acids is 1. The van der Waals surface area contributed by atoms with Gasteiger partial charge in [-0.2, -0.15) is 13.2 Å². The average molecular weight is 312 g/mol. The highest BCUT2D eigenvalue weighted by molar-refractivity contribution is 9.10. The standard InChI is InChI=1S/C10H9BrF3NO2/c1-2-17-8(16)5-6-3-4-7(11)9(15-6)10(12,13)14/h3-4H,2,5H2,1H3. The smallest absolute Gasteiger partial charge is 0.434 e. The quantitative estimate of drug-likeness (QED) is 0.806. The summed E-state index contributed by atoms with van der Waals surface area (Å²) in [5.74, 6) is -0.601. The number of ether oxygens (including phenoxy) is 1.